The van der Waals surface area contributed by atoms with Gasteiger partial charge >= 0.3 is 0 Å². The van der Waals surface area contributed by atoms with E-state index >= 15 is 0 Å². The smallest absolute Gasteiger partial charge is 0.151 e. The Labute approximate surface area is 224 Å². The van der Waals surface area contributed by atoms with Crippen molar-refractivity contribution in [2.24, 2.45) is 4.99 Å². The predicted molar refractivity (Wildman–Crippen MR) is 157 cm³/mol. The number of halogens is 2. The minimum absolute atomic E-state index is 0.208. The highest BCUT2D eigenvalue weighted by atomic mass is 19.1. The highest BCUT2D eigenvalue weighted by molar-refractivity contribution is 5.79. The van der Waals surface area contributed by atoms with Gasteiger partial charge in [0, 0.05) is 35.8 Å². The summed E-state index contributed by atoms with van der Waals surface area (Å²) in [5.74, 6) is 2.01. The number of hydrogen-bond donors (Lipinski definition) is 1. The van der Waals surface area contributed by atoms with Crippen molar-refractivity contribution in [1.29, 1.82) is 0 Å². The maximum absolute atomic E-state index is 14.3. The van der Waals surface area contributed by atoms with Gasteiger partial charge in [-0.2, -0.15) is 5.10 Å². The molecule has 0 saturated carbocycles. The number of benzene rings is 3. The third kappa shape index (κ3) is 7.27. The summed E-state index contributed by atoms with van der Waals surface area (Å²) in [6.07, 6.45) is 10.6. The third-order valence-corrected chi connectivity index (χ3v) is 5.68. The van der Waals surface area contributed by atoms with Gasteiger partial charge in [0.2, 0.25) is 0 Å². The second-order valence-electron chi connectivity index (χ2n) is 8.30. The van der Waals surface area contributed by atoms with Crippen LogP contribution in [0, 0.1) is 37.8 Å². The molecule has 4 rings (SSSR count). The summed E-state index contributed by atoms with van der Waals surface area (Å²) in [4.78, 5) is 5.79. The van der Waals surface area contributed by atoms with Crippen LogP contribution in [0.1, 0.15) is 41.7 Å². The molecule has 1 aromatic heterocycles. The molecule has 0 aliphatic heterocycles. The molecule has 1 N–H and O–H groups in total. The quantitative estimate of drug-likeness (QED) is 0.161. The maximum atomic E-state index is 14.3. The summed E-state index contributed by atoms with van der Waals surface area (Å²) in [5, 5.41) is 7.15. The van der Waals surface area contributed by atoms with Gasteiger partial charge in [-0.15, -0.1) is 6.42 Å². The standard InChI is InChI=1S/C22H21FN2.C8H7FN2.C2H6/c1-6-8-21(19-13-16(3)22(24-4)20(23)14-19)25(5)15-18-11-9-17(7-2)10-12-18;1-5-2-3-6-4-10-11-8(6)7(5)9;1-2/h2,6,8-14H,1,4,15H2,3,5H3;2-4H,1H3,(H,10,11);1-2H3/b21-8-;;. The largest absolute Gasteiger partial charge is 0.370 e. The molecule has 0 saturated heterocycles. The minimum Gasteiger partial charge on any atom is -0.370 e. The van der Waals surface area contributed by atoms with Crippen LogP contribution >= 0.6 is 0 Å². The first kappa shape index (κ1) is 29.7. The molecule has 4 nitrogen and oxygen atoms in total. The molecule has 1 heterocycles. The second-order valence-corrected chi connectivity index (χ2v) is 8.30. The Hall–Kier alpha value is -4.50. The van der Waals surface area contributed by atoms with Crippen LogP contribution in [0.5, 0.6) is 0 Å². The topological polar surface area (TPSA) is 44.3 Å². The maximum Gasteiger partial charge on any atom is 0.151 e. The van der Waals surface area contributed by atoms with Gasteiger partial charge in [-0.1, -0.05) is 56.7 Å². The molecule has 196 valence electrons. The fourth-order valence-electron chi connectivity index (χ4n) is 3.79. The molecule has 4 aromatic rings. The van der Waals surface area contributed by atoms with E-state index in [1.165, 1.54) is 6.07 Å². The number of aromatic amines is 1. The molecule has 0 bridgehead atoms. The predicted octanol–water partition coefficient (Wildman–Crippen LogP) is 8.14. The summed E-state index contributed by atoms with van der Waals surface area (Å²) < 4.78 is 27.4. The molecule has 0 radical (unpaired) electrons. The van der Waals surface area contributed by atoms with E-state index in [1.807, 2.05) is 75.2 Å². The molecule has 0 fully saturated rings. The van der Waals surface area contributed by atoms with Gasteiger partial charge < -0.3 is 4.90 Å². The number of allylic oxidation sites excluding steroid dienone is 2. The molecule has 0 atom stereocenters. The first-order chi connectivity index (χ1) is 18.3. The van der Waals surface area contributed by atoms with Crippen molar-refractivity contribution in [1.82, 2.24) is 15.1 Å². The van der Waals surface area contributed by atoms with Crippen molar-refractivity contribution in [3.05, 3.63) is 113 Å². The lowest BCUT2D eigenvalue weighted by molar-refractivity contribution is 0.474. The van der Waals surface area contributed by atoms with E-state index in [1.54, 1.807) is 25.3 Å². The number of rotatable bonds is 6. The number of fused-ring (bicyclic) bond motifs is 1. The van der Waals surface area contributed by atoms with Crippen molar-refractivity contribution in [2.75, 3.05) is 7.05 Å². The van der Waals surface area contributed by atoms with E-state index in [-0.39, 0.29) is 17.3 Å². The van der Waals surface area contributed by atoms with Crippen LogP contribution in [0.25, 0.3) is 16.6 Å². The molecular formula is C32H34F2N4. The van der Waals surface area contributed by atoms with Gasteiger partial charge in [-0.25, -0.2) is 8.78 Å². The molecule has 0 amide bonds. The first-order valence-electron chi connectivity index (χ1n) is 12.2. The summed E-state index contributed by atoms with van der Waals surface area (Å²) in [5.41, 5.74) is 5.75. The van der Waals surface area contributed by atoms with Gasteiger partial charge in [0.1, 0.15) is 17.0 Å². The molecule has 0 spiro atoms. The average molecular weight is 513 g/mol. The van der Waals surface area contributed by atoms with Crippen molar-refractivity contribution in [2.45, 2.75) is 34.2 Å². The molecule has 0 aliphatic carbocycles. The number of nitrogens with one attached hydrogen (secondary N) is 1. The lowest BCUT2D eigenvalue weighted by Gasteiger charge is -2.24. The number of aryl methyl sites for hydroxylation is 2. The lowest BCUT2D eigenvalue weighted by Crippen LogP contribution is -2.16. The molecule has 6 heteroatoms. The van der Waals surface area contributed by atoms with Crippen molar-refractivity contribution >= 4 is 29.0 Å². The second kappa shape index (κ2) is 14.3. The van der Waals surface area contributed by atoms with E-state index in [4.69, 9.17) is 6.42 Å². The number of aromatic nitrogens is 2. The van der Waals surface area contributed by atoms with Gasteiger partial charge in [0.15, 0.2) is 5.82 Å². The monoisotopic (exact) mass is 512 g/mol. The van der Waals surface area contributed by atoms with E-state index < -0.39 is 0 Å². The SMILES string of the molecule is C#Cc1ccc(CN(C)/C(=C\C=C)c2cc(C)c(N=C)c(F)c2)cc1.CC.Cc1ccc2cn[nH]c2c1F. The van der Waals surface area contributed by atoms with Crippen LogP contribution in [0.15, 0.2) is 78.5 Å². The Morgan fingerprint density at radius 3 is 2.37 bits per heavy atom. The fourth-order valence-corrected chi connectivity index (χ4v) is 3.79. The Morgan fingerprint density at radius 2 is 1.79 bits per heavy atom. The zero-order chi connectivity index (χ0) is 28.2. The van der Waals surface area contributed by atoms with E-state index in [0.717, 1.165) is 33.3 Å². The molecule has 38 heavy (non-hydrogen) atoms. The lowest BCUT2D eigenvalue weighted by atomic mass is 10.0. The van der Waals surface area contributed by atoms with Crippen molar-refractivity contribution in [3.63, 3.8) is 0 Å². The zero-order valence-corrected chi connectivity index (χ0v) is 22.6. The van der Waals surface area contributed by atoms with Crippen LogP contribution in [-0.4, -0.2) is 28.9 Å². The molecule has 3 aromatic carbocycles. The highest BCUT2D eigenvalue weighted by Crippen LogP contribution is 2.29. The Morgan fingerprint density at radius 1 is 1.11 bits per heavy atom. The van der Waals surface area contributed by atoms with E-state index in [9.17, 15) is 8.78 Å². The van der Waals surface area contributed by atoms with Crippen LogP contribution < -0.4 is 0 Å². The minimum atomic E-state index is -0.383. The third-order valence-electron chi connectivity index (χ3n) is 5.68. The van der Waals surface area contributed by atoms with Crippen LogP contribution in [0.3, 0.4) is 0 Å². The van der Waals surface area contributed by atoms with Gasteiger partial charge in [0.25, 0.3) is 0 Å². The summed E-state index contributed by atoms with van der Waals surface area (Å²) >= 11 is 0. The number of terminal acetylenes is 1. The average Bonchev–Trinajstić information content (AvgIpc) is 3.41. The van der Waals surface area contributed by atoms with Crippen LogP contribution in [0.4, 0.5) is 14.5 Å². The van der Waals surface area contributed by atoms with E-state index in [2.05, 4.69) is 34.4 Å². The summed E-state index contributed by atoms with van der Waals surface area (Å²) in [6, 6.07) is 14.8. The van der Waals surface area contributed by atoms with Gasteiger partial charge in [0.05, 0.1) is 6.20 Å². The van der Waals surface area contributed by atoms with Crippen LogP contribution in [-0.2, 0) is 6.54 Å². The number of nitrogens with zero attached hydrogens (tertiary/aromatic N) is 3. The van der Waals surface area contributed by atoms with Gasteiger partial charge in [-0.3, -0.25) is 10.1 Å². The number of aliphatic imine (C=N–C) groups is 1. The van der Waals surface area contributed by atoms with Crippen molar-refractivity contribution < 1.29 is 8.78 Å². The Bertz CT molecular complexity index is 1430. The Balaban J connectivity index is 0.000000321. The summed E-state index contributed by atoms with van der Waals surface area (Å²) in [7, 11) is 1.96. The zero-order valence-electron chi connectivity index (χ0n) is 22.6. The molecular weight excluding hydrogens is 478 g/mol. The fraction of sp³-hybridized carbons (Fsp3) is 0.188. The number of H-pyrrole nitrogens is 1. The first-order valence-corrected chi connectivity index (χ1v) is 12.2. The van der Waals surface area contributed by atoms with Gasteiger partial charge in [-0.05, 0) is 67.6 Å². The number of hydrogen-bond acceptors (Lipinski definition) is 3. The normalized spacial score (nSPS) is 10.4. The van der Waals surface area contributed by atoms with E-state index in [0.29, 0.717) is 17.6 Å². The summed E-state index contributed by atoms with van der Waals surface area (Å²) in [6.45, 7) is 15.4. The van der Waals surface area contributed by atoms with Crippen molar-refractivity contribution in [3.8, 4) is 12.3 Å². The molecule has 0 unspecified atom stereocenters. The molecule has 0 aliphatic rings. The highest BCUT2D eigenvalue weighted by Gasteiger charge is 2.13. The Kier molecular flexibility index (Phi) is 11.2. The van der Waals surface area contributed by atoms with Crippen LogP contribution in [0.2, 0.25) is 0 Å².